The van der Waals surface area contributed by atoms with E-state index in [0.717, 1.165) is 40.9 Å². The van der Waals surface area contributed by atoms with E-state index in [1.54, 1.807) is 6.92 Å². The van der Waals surface area contributed by atoms with Gasteiger partial charge in [-0.3, -0.25) is 4.79 Å². The number of aromatic nitrogens is 1. The zero-order valence-corrected chi connectivity index (χ0v) is 13.6. The molecule has 118 valence electrons. The quantitative estimate of drug-likeness (QED) is 0.491. The van der Waals surface area contributed by atoms with Crippen LogP contribution in [0.1, 0.15) is 29.4 Å². The number of carbonyl (C=O) groups excluding carboxylic acids is 1. The summed E-state index contributed by atoms with van der Waals surface area (Å²) in [5, 5.41) is 1.04. The van der Waals surface area contributed by atoms with Gasteiger partial charge in [-0.2, -0.15) is 0 Å². The summed E-state index contributed by atoms with van der Waals surface area (Å²) < 4.78 is 7.98. The van der Waals surface area contributed by atoms with Crippen molar-refractivity contribution in [3.05, 3.63) is 65.9 Å². The Balaban J connectivity index is 1.75. The average molecular weight is 307 g/mol. The lowest BCUT2D eigenvalue weighted by Gasteiger charge is -2.10. The third kappa shape index (κ3) is 3.14. The minimum absolute atomic E-state index is 0.123. The van der Waals surface area contributed by atoms with Crippen molar-refractivity contribution in [2.45, 2.75) is 26.8 Å². The highest BCUT2D eigenvalue weighted by molar-refractivity contribution is 6.08. The molecule has 0 saturated heterocycles. The maximum Gasteiger partial charge on any atom is 0.162 e. The van der Waals surface area contributed by atoms with Crippen LogP contribution in [-0.4, -0.2) is 17.0 Å². The van der Waals surface area contributed by atoms with Crippen LogP contribution in [0.25, 0.3) is 10.9 Å². The standard InChI is InChI=1S/C20H21NO2/c1-15-20(16(2)22)18-11-6-7-12-19(18)21(15)13-8-14-23-17-9-4-3-5-10-17/h3-7,9-12H,8,13-14H2,1-2H3. The van der Waals surface area contributed by atoms with E-state index in [2.05, 4.69) is 10.6 Å². The Bertz CT molecular complexity index is 818. The van der Waals surface area contributed by atoms with Crippen LogP contribution in [0.4, 0.5) is 0 Å². The molecule has 3 nitrogen and oxygen atoms in total. The fourth-order valence-electron chi connectivity index (χ4n) is 3.09. The van der Waals surface area contributed by atoms with Crippen molar-refractivity contribution in [2.24, 2.45) is 0 Å². The largest absolute Gasteiger partial charge is 0.494 e. The number of hydrogen-bond donors (Lipinski definition) is 0. The monoisotopic (exact) mass is 307 g/mol. The van der Waals surface area contributed by atoms with Crippen molar-refractivity contribution in [1.29, 1.82) is 0 Å². The van der Waals surface area contributed by atoms with Gasteiger partial charge in [-0.25, -0.2) is 0 Å². The van der Waals surface area contributed by atoms with Crippen molar-refractivity contribution in [2.75, 3.05) is 6.61 Å². The summed E-state index contributed by atoms with van der Waals surface area (Å²) in [6.07, 6.45) is 0.895. The number of hydrogen-bond acceptors (Lipinski definition) is 2. The van der Waals surface area contributed by atoms with Gasteiger partial charge in [0, 0.05) is 28.7 Å². The molecule has 0 atom stereocenters. The number of ether oxygens (including phenoxy) is 1. The molecule has 3 rings (SSSR count). The van der Waals surface area contributed by atoms with E-state index in [-0.39, 0.29) is 5.78 Å². The summed E-state index contributed by atoms with van der Waals surface area (Å²) in [5.41, 5.74) is 3.00. The number of carbonyl (C=O) groups is 1. The summed E-state index contributed by atoms with van der Waals surface area (Å²) in [6.45, 7) is 5.16. The van der Waals surface area contributed by atoms with Crippen LogP contribution in [0.2, 0.25) is 0 Å². The van der Waals surface area contributed by atoms with Gasteiger partial charge in [0.1, 0.15) is 5.75 Å². The Morgan fingerprint density at radius 3 is 2.48 bits per heavy atom. The van der Waals surface area contributed by atoms with Gasteiger partial charge in [0.05, 0.1) is 6.61 Å². The molecule has 0 unspecified atom stereocenters. The van der Waals surface area contributed by atoms with Gasteiger partial charge in [-0.1, -0.05) is 36.4 Å². The lowest BCUT2D eigenvalue weighted by Crippen LogP contribution is -2.06. The topological polar surface area (TPSA) is 31.2 Å². The zero-order chi connectivity index (χ0) is 16.2. The molecule has 3 heteroatoms. The van der Waals surface area contributed by atoms with E-state index in [4.69, 9.17) is 4.74 Å². The van der Waals surface area contributed by atoms with Crippen molar-refractivity contribution in [3.8, 4) is 5.75 Å². The van der Waals surface area contributed by atoms with E-state index in [9.17, 15) is 4.79 Å². The Kier molecular flexibility index (Phi) is 4.47. The van der Waals surface area contributed by atoms with Crippen LogP contribution in [0.5, 0.6) is 5.75 Å². The van der Waals surface area contributed by atoms with Crippen molar-refractivity contribution in [1.82, 2.24) is 4.57 Å². The number of Topliss-reactive ketones (excluding diaryl/α,β-unsaturated/α-hetero) is 1. The number of nitrogens with zero attached hydrogens (tertiary/aromatic N) is 1. The van der Waals surface area contributed by atoms with E-state index in [0.29, 0.717) is 6.61 Å². The second kappa shape index (κ2) is 6.69. The van der Waals surface area contributed by atoms with Crippen LogP contribution in [0.15, 0.2) is 54.6 Å². The van der Waals surface area contributed by atoms with Crippen molar-refractivity contribution in [3.63, 3.8) is 0 Å². The third-order valence-electron chi connectivity index (χ3n) is 4.12. The van der Waals surface area contributed by atoms with Gasteiger partial charge in [-0.15, -0.1) is 0 Å². The van der Waals surface area contributed by atoms with Crippen LogP contribution in [-0.2, 0) is 6.54 Å². The highest BCUT2D eigenvalue weighted by atomic mass is 16.5. The van der Waals surface area contributed by atoms with Crippen LogP contribution >= 0.6 is 0 Å². The van der Waals surface area contributed by atoms with Crippen LogP contribution in [0, 0.1) is 6.92 Å². The molecule has 0 N–H and O–H groups in total. The lowest BCUT2D eigenvalue weighted by molar-refractivity contribution is 0.101. The minimum atomic E-state index is 0.123. The number of ketones is 1. The zero-order valence-electron chi connectivity index (χ0n) is 13.6. The molecular formula is C20H21NO2. The molecule has 0 amide bonds. The van der Waals surface area contributed by atoms with Crippen molar-refractivity contribution >= 4 is 16.7 Å². The summed E-state index contributed by atoms with van der Waals surface area (Å²) in [4.78, 5) is 12.0. The van der Waals surface area contributed by atoms with Gasteiger partial charge in [0.25, 0.3) is 0 Å². The number of para-hydroxylation sites is 2. The van der Waals surface area contributed by atoms with E-state index in [1.165, 1.54) is 0 Å². The van der Waals surface area contributed by atoms with Gasteiger partial charge in [0.15, 0.2) is 5.78 Å². The van der Waals surface area contributed by atoms with Gasteiger partial charge in [0.2, 0.25) is 0 Å². The minimum Gasteiger partial charge on any atom is -0.494 e. The smallest absolute Gasteiger partial charge is 0.162 e. The van der Waals surface area contributed by atoms with Crippen LogP contribution in [0.3, 0.4) is 0 Å². The fourth-order valence-corrected chi connectivity index (χ4v) is 3.09. The highest BCUT2D eigenvalue weighted by Crippen LogP contribution is 2.26. The maximum atomic E-state index is 12.0. The Hall–Kier alpha value is -2.55. The number of aryl methyl sites for hydroxylation is 1. The molecule has 0 fully saturated rings. The van der Waals surface area contributed by atoms with Gasteiger partial charge < -0.3 is 9.30 Å². The molecule has 0 spiro atoms. The molecular weight excluding hydrogens is 286 g/mol. The molecule has 0 saturated carbocycles. The van der Waals surface area contributed by atoms with E-state index >= 15 is 0 Å². The van der Waals surface area contributed by atoms with E-state index < -0.39 is 0 Å². The Morgan fingerprint density at radius 2 is 1.74 bits per heavy atom. The first-order valence-corrected chi connectivity index (χ1v) is 7.95. The molecule has 3 aromatic rings. The molecule has 0 aliphatic rings. The SMILES string of the molecule is CC(=O)c1c(C)n(CCCOc2ccccc2)c2ccccc12. The van der Waals surface area contributed by atoms with Gasteiger partial charge >= 0.3 is 0 Å². The average Bonchev–Trinajstić information content (AvgIpc) is 2.84. The first-order chi connectivity index (χ1) is 11.2. The molecule has 0 bridgehead atoms. The first-order valence-electron chi connectivity index (χ1n) is 7.95. The molecule has 0 aliphatic carbocycles. The number of fused-ring (bicyclic) bond motifs is 1. The maximum absolute atomic E-state index is 12.0. The summed E-state index contributed by atoms with van der Waals surface area (Å²) >= 11 is 0. The second-order valence-electron chi connectivity index (χ2n) is 5.70. The summed E-state index contributed by atoms with van der Waals surface area (Å²) in [6, 6.07) is 17.9. The molecule has 23 heavy (non-hydrogen) atoms. The summed E-state index contributed by atoms with van der Waals surface area (Å²) in [7, 11) is 0. The van der Waals surface area contributed by atoms with Crippen LogP contribution < -0.4 is 4.74 Å². The number of rotatable bonds is 6. The predicted octanol–water partition coefficient (Wildman–Crippen LogP) is 4.62. The normalized spacial score (nSPS) is 10.9. The van der Waals surface area contributed by atoms with Gasteiger partial charge in [-0.05, 0) is 38.5 Å². The first kappa shape index (κ1) is 15.3. The number of benzene rings is 2. The molecule has 1 heterocycles. The molecule has 2 aromatic carbocycles. The third-order valence-corrected chi connectivity index (χ3v) is 4.12. The highest BCUT2D eigenvalue weighted by Gasteiger charge is 2.16. The second-order valence-corrected chi connectivity index (χ2v) is 5.70. The molecule has 0 aliphatic heterocycles. The molecule has 0 radical (unpaired) electrons. The fraction of sp³-hybridized carbons (Fsp3) is 0.250. The van der Waals surface area contributed by atoms with E-state index in [1.807, 2.05) is 55.5 Å². The molecule has 1 aromatic heterocycles. The van der Waals surface area contributed by atoms with Crippen molar-refractivity contribution < 1.29 is 9.53 Å². The lowest BCUT2D eigenvalue weighted by atomic mass is 10.1. The predicted molar refractivity (Wildman–Crippen MR) is 93.2 cm³/mol. The summed E-state index contributed by atoms with van der Waals surface area (Å²) in [5.74, 6) is 1.02. The Morgan fingerprint density at radius 1 is 1.04 bits per heavy atom. The Labute approximate surface area is 136 Å².